The summed E-state index contributed by atoms with van der Waals surface area (Å²) in [5, 5.41) is 0. The number of hydrogen-bond donors (Lipinski definition) is 0. The zero-order chi connectivity index (χ0) is 17.8. The second-order valence-corrected chi connectivity index (χ2v) is 7.29. The van der Waals surface area contributed by atoms with E-state index in [-0.39, 0.29) is 5.91 Å². The number of fused-ring (bicyclic) bond motifs is 1. The molecule has 0 unspecified atom stereocenters. The van der Waals surface area contributed by atoms with Crippen molar-refractivity contribution in [3.8, 4) is 5.75 Å². The number of piperidine rings is 1. The van der Waals surface area contributed by atoms with Gasteiger partial charge in [-0.25, -0.2) is 0 Å². The average Bonchev–Trinajstić information content (AvgIpc) is 3.00. The predicted molar refractivity (Wildman–Crippen MR) is 102 cm³/mol. The topological polar surface area (TPSA) is 32.8 Å². The van der Waals surface area contributed by atoms with Crippen molar-refractivity contribution < 1.29 is 9.53 Å². The van der Waals surface area contributed by atoms with E-state index in [4.69, 9.17) is 4.74 Å². The Hall–Kier alpha value is -2.33. The monoisotopic (exact) mass is 350 g/mol. The van der Waals surface area contributed by atoms with Crippen molar-refractivity contribution in [2.75, 3.05) is 32.8 Å². The van der Waals surface area contributed by atoms with Crippen LogP contribution in [0.4, 0.5) is 0 Å². The third-order valence-electron chi connectivity index (χ3n) is 5.50. The first-order valence-electron chi connectivity index (χ1n) is 9.57. The lowest BCUT2D eigenvalue weighted by Gasteiger charge is -2.33. The smallest absolute Gasteiger partial charge is 0.254 e. The molecule has 4 nitrogen and oxygen atoms in total. The van der Waals surface area contributed by atoms with Gasteiger partial charge in [0.1, 0.15) is 12.4 Å². The number of likely N-dealkylation sites (tertiary alicyclic amines) is 1. The maximum atomic E-state index is 12.5. The van der Waals surface area contributed by atoms with Gasteiger partial charge in [-0.2, -0.15) is 0 Å². The van der Waals surface area contributed by atoms with Crippen LogP contribution in [0.5, 0.6) is 5.75 Å². The molecule has 1 fully saturated rings. The first-order chi connectivity index (χ1) is 12.8. The molecule has 2 aliphatic heterocycles. The lowest BCUT2D eigenvalue weighted by Crippen LogP contribution is -2.40. The van der Waals surface area contributed by atoms with E-state index in [0.717, 1.165) is 63.5 Å². The maximum absolute atomic E-state index is 12.5. The van der Waals surface area contributed by atoms with Gasteiger partial charge in [0.2, 0.25) is 0 Å². The average molecular weight is 350 g/mol. The Balaban J connectivity index is 1.19. The minimum absolute atomic E-state index is 0.208. The van der Waals surface area contributed by atoms with Gasteiger partial charge in [-0.1, -0.05) is 36.4 Å². The Morgan fingerprint density at radius 3 is 2.46 bits per heavy atom. The molecule has 0 aromatic heterocycles. The van der Waals surface area contributed by atoms with Crippen molar-refractivity contribution in [3.63, 3.8) is 0 Å². The van der Waals surface area contributed by atoms with Gasteiger partial charge in [0, 0.05) is 25.2 Å². The molecule has 0 aliphatic carbocycles. The molecule has 0 bridgehead atoms. The lowest BCUT2D eigenvalue weighted by molar-refractivity contribution is 0.0708. The number of amides is 1. The van der Waals surface area contributed by atoms with Gasteiger partial charge in [0.15, 0.2) is 0 Å². The van der Waals surface area contributed by atoms with Crippen molar-refractivity contribution in [2.45, 2.75) is 19.4 Å². The molecule has 4 heteroatoms. The summed E-state index contributed by atoms with van der Waals surface area (Å²) in [7, 11) is 0. The molecular weight excluding hydrogens is 324 g/mol. The first kappa shape index (κ1) is 17.1. The number of hydrogen-bond acceptors (Lipinski definition) is 3. The SMILES string of the molecule is O=C1c2ccccc2CN1CC1CCN(CCOc2ccccc2)CC1. The van der Waals surface area contributed by atoms with Crippen LogP contribution < -0.4 is 4.74 Å². The van der Waals surface area contributed by atoms with Crippen LogP contribution in [0.2, 0.25) is 0 Å². The third-order valence-corrected chi connectivity index (χ3v) is 5.50. The van der Waals surface area contributed by atoms with Crippen molar-refractivity contribution in [3.05, 3.63) is 65.7 Å². The number of rotatable bonds is 6. The standard InChI is InChI=1S/C22H26N2O2/c25-22-21-9-5-4-6-19(21)17-24(22)16-18-10-12-23(13-11-18)14-15-26-20-7-2-1-3-8-20/h1-9,18H,10-17H2. The van der Waals surface area contributed by atoms with Crippen molar-refractivity contribution in [2.24, 2.45) is 5.92 Å². The van der Waals surface area contributed by atoms with Gasteiger partial charge < -0.3 is 9.64 Å². The van der Waals surface area contributed by atoms with Gasteiger partial charge in [0.05, 0.1) is 0 Å². The molecule has 2 aromatic rings. The van der Waals surface area contributed by atoms with Crippen LogP contribution in [0.25, 0.3) is 0 Å². The van der Waals surface area contributed by atoms with Crippen molar-refractivity contribution >= 4 is 5.91 Å². The minimum Gasteiger partial charge on any atom is -0.492 e. The lowest BCUT2D eigenvalue weighted by atomic mass is 9.96. The van der Waals surface area contributed by atoms with Gasteiger partial charge in [-0.05, 0) is 55.6 Å². The molecule has 2 aromatic carbocycles. The minimum atomic E-state index is 0.208. The summed E-state index contributed by atoms with van der Waals surface area (Å²) in [6.07, 6.45) is 2.32. The molecule has 1 saturated heterocycles. The van der Waals surface area contributed by atoms with Gasteiger partial charge >= 0.3 is 0 Å². The normalized spacial score (nSPS) is 18.2. The third kappa shape index (κ3) is 3.91. The van der Waals surface area contributed by atoms with Gasteiger partial charge in [-0.15, -0.1) is 0 Å². The highest BCUT2D eigenvalue weighted by Gasteiger charge is 2.29. The molecule has 26 heavy (non-hydrogen) atoms. The highest BCUT2D eigenvalue weighted by Crippen LogP contribution is 2.26. The number of carbonyl (C=O) groups is 1. The van der Waals surface area contributed by atoms with Crippen LogP contribution >= 0.6 is 0 Å². The molecule has 4 rings (SSSR count). The molecule has 2 heterocycles. The highest BCUT2D eigenvalue weighted by molar-refractivity contribution is 5.98. The fourth-order valence-electron chi connectivity index (χ4n) is 3.98. The molecule has 0 N–H and O–H groups in total. The van der Waals surface area contributed by atoms with E-state index in [1.54, 1.807) is 0 Å². The summed E-state index contributed by atoms with van der Waals surface area (Å²) in [4.78, 5) is 17.0. The summed E-state index contributed by atoms with van der Waals surface area (Å²) in [6, 6.07) is 18.0. The second-order valence-electron chi connectivity index (χ2n) is 7.29. The number of para-hydroxylation sites is 1. The summed E-state index contributed by atoms with van der Waals surface area (Å²) >= 11 is 0. The van der Waals surface area contributed by atoms with Gasteiger partial charge in [0.25, 0.3) is 5.91 Å². The summed E-state index contributed by atoms with van der Waals surface area (Å²) in [5.41, 5.74) is 2.07. The molecule has 0 radical (unpaired) electrons. The van der Waals surface area contributed by atoms with E-state index in [1.807, 2.05) is 53.4 Å². The van der Waals surface area contributed by atoms with Crippen molar-refractivity contribution in [1.29, 1.82) is 0 Å². The number of benzene rings is 2. The van der Waals surface area contributed by atoms with Crippen molar-refractivity contribution in [1.82, 2.24) is 9.80 Å². The Kier molecular flexibility index (Phi) is 5.21. The molecule has 0 saturated carbocycles. The van der Waals surface area contributed by atoms with E-state index >= 15 is 0 Å². The maximum Gasteiger partial charge on any atom is 0.254 e. The van der Waals surface area contributed by atoms with Gasteiger partial charge in [-0.3, -0.25) is 9.69 Å². The van der Waals surface area contributed by atoms with Crippen LogP contribution in [-0.2, 0) is 6.54 Å². The Bertz CT molecular complexity index is 739. The zero-order valence-corrected chi connectivity index (χ0v) is 15.1. The number of nitrogens with zero attached hydrogens (tertiary/aromatic N) is 2. The summed E-state index contributed by atoms with van der Waals surface area (Å²) < 4.78 is 5.80. The quantitative estimate of drug-likeness (QED) is 0.800. The first-order valence-corrected chi connectivity index (χ1v) is 9.57. The largest absolute Gasteiger partial charge is 0.492 e. The molecular formula is C22H26N2O2. The number of ether oxygens (including phenoxy) is 1. The predicted octanol–water partition coefficient (Wildman–Crippen LogP) is 3.43. The fourth-order valence-corrected chi connectivity index (χ4v) is 3.98. The second kappa shape index (κ2) is 7.92. The van der Waals surface area contributed by atoms with Crippen LogP contribution in [-0.4, -0.2) is 48.5 Å². The van der Waals surface area contributed by atoms with Crippen LogP contribution in [0.15, 0.2) is 54.6 Å². The Morgan fingerprint density at radius 1 is 0.962 bits per heavy atom. The Labute approximate surface area is 155 Å². The molecule has 2 aliphatic rings. The van der Waals surface area contributed by atoms with E-state index in [2.05, 4.69) is 11.0 Å². The van der Waals surface area contributed by atoms with E-state index in [1.165, 1.54) is 5.56 Å². The van der Waals surface area contributed by atoms with E-state index in [9.17, 15) is 4.79 Å². The molecule has 1 amide bonds. The summed E-state index contributed by atoms with van der Waals surface area (Å²) in [5.74, 6) is 1.76. The molecule has 136 valence electrons. The Morgan fingerprint density at radius 2 is 1.69 bits per heavy atom. The molecule has 0 spiro atoms. The van der Waals surface area contributed by atoms with E-state index in [0.29, 0.717) is 5.92 Å². The fraction of sp³-hybridized carbons (Fsp3) is 0.409. The van der Waals surface area contributed by atoms with Crippen LogP contribution in [0.3, 0.4) is 0 Å². The molecule has 0 atom stereocenters. The zero-order valence-electron chi connectivity index (χ0n) is 15.1. The summed E-state index contributed by atoms with van der Waals surface area (Å²) in [6.45, 7) is 5.56. The van der Waals surface area contributed by atoms with Crippen LogP contribution in [0, 0.1) is 5.92 Å². The van der Waals surface area contributed by atoms with Crippen LogP contribution in [0.1, 0.15) is 28.8 Å². The highest BCUT2D eigenvalue weighted by atomic mass is 16.5. The number of carbonyl (C=O) groups excluding carboxylic acids is 1. The van der Waals surface area contributed by atoms with E-state index < -0.39 is 0 Å².